The van der Waals surface area contributed by atoms with Gasteiger partial charge in [0.05, 0.1) is 23.7 Å². The van der Waals surface area contributed by atoms with Gasteiger partial charge in [-0.05, 0) is 12.1 Å². The van der Waals surface area contributed by atoms with Gasteiger partial charge in [0.25, 0.3) is 0 Å². The Morgan fingerprint density at radius 2 is 2.17 bits per heavy atom. The van der Waals surface area contributed by atoms with E-state index in [2.05, 4.69) is 21.9 Å². The summed E-state index contributed by atoms with van der Waals surface area (Å²) in [6.07, 6.45) is 3.35. The van der Waals surface area contributed by atoms with Gasteiger partial charge in [-0.25, -0.2) is 4.98 Å². The average Bonchev–Trinajstić information content (AvgIpc) is 2.90. The number of ether oxygens (including phenoxy) is 2. The molecule has 0 amide bonds. The summed E-state index contributed by atoms with van der Waals surface area (Å²) in [6.45, 7) is 2.63. The van der Waals surface area contributed by atoms with Gasteiger partial charge in [-0.1, -0.05) is 6.92 Å². The zero-order valence-corrected chi connectivity index (χ0v) is 12.5. The molecule has 0 radical (unpaired) electrons. The first kappa shape index (κ1) is 13.6. The van der Waals surface area contributed by atoms with Crippen molar-refractivity contribution in [3.8, 4) is 17.2 Å². The molecule has 0 bridgehead atoms. The summed E-state index contributed by atoms with van der Waals surface area (Å²) in [5, 5.41) is 0.678. The third-order valence-electron chi connectivity index (χ3n) is 3.82. The Morgan fingerprint density at radius 3 is 2.96 bits per heavy atom. The van der Waals surface area contributed by atoms with Crippen LogP contribution < -0.4 is 20.9 Å². The number of hydrogen-bond acceptors (Lipinski definition) is 7. The van der Waals surface area contributed by atoms with Gasteiger partial charge in [0, 0.05) is 23.7 Å². The van der Waals surface area contributed by atoms with Crippen LogP contribution in [0.5, 0.6) is 17.2 Å². The maximum atomic E-state index is 6.02. The maximum Gasteiger partial charge on any atom is 0.222 e. The molecule has 1 unspecified atom stereocenters. The molecule has 4 rings (SSSR count). The molecule has 4 N–H and O–H groups in total. The van der Waals surface area contributed by atoms with Crippen LogP contribution in [0.1, 0.15) is 18.4 Å². The summed E-state index contributed by atoms with van der Waals surface area (Å²) in [4.78, 5) is 12.3. The molecule has 116 valence electrons. The van der Waals surface area contributed by atoms with E-state index < -0.39 is 0 Å². The Morgan fingerprint density at radius 1 is 1.30 bits per heavy atom. The van der Waals surface area contributed by atoms with Crippen LogP contribution in [0.2, 0.25) is 0 Å². The molecule has 3 aromatic rings. The van der Waals surface area contributed by atoms with Gasteiger partial charge in [-0.15, -0.1) is 0 Å². The van der Waals surface area contributed by atoms with Gasteiger partial charge >= 0.3 is 0 Å². The minimum Gasteiger partial charge on any atom is -0.492 e. The zero-order chi connectivity index (χ0) is 16.0. The predicted octanol–water partition coefficient (Wildman–Crippen LogP) is 2.48. The van der Waals surface area contributed by atoms with E-state index in [0.717, 1.165) is 5.56 Å². The van der Waals surface area contributed by atoms with Gasteiger partial charge in [0.2, 0.25) is 5.95 Å². The molecule has 0 fully saturated rings. The van der Waals surface area contributed by atoms with Crippen molar-refractivity contribution in [2.45, 2.75) is 12.8 Å². The van der Waals surface area contributed by atoms with E-state index in [1.807, 2.05) is 18.2 Å². The Labute approximate surface area is 132 Å². The third kappa shape index (κ3) is 2.17. The lowest BCUT2D eigenvalue weighted by Gasteiger charge is -2.14. The molecule has 1 aromatic carbocycles. The number of benzene rings is 1. The molecular formula is C16H15N5O2. The SMILES string of the molecule is CC1COc2c1c(Oc1cccnc1)cc1nc(N)nc(N)c21. The van der Waals surface area contributed by atoms with Crippen molar-refractivity contribution in [3.05, 3.63) is 36.2 Å². The minimum atomic E-state index is 0.119. The van der Waals surface area contributed by atoms with Crippen LogP contribution >= 0.6 is 0 Å². The third-order valence-corrected chi connectivity index (χ3v) is 3.82. The molecule has 0 saturated heterocycles. The van der Waals surface area contributed by atoms with Crippen LogP contribution in [0.4, 0.5) is 11.8 Å². The number of hydrogen-bond donors (Lipinski definition) is 2. The number of rotatable bonds is 2. The largest absolute Gasteiger partial charge is 0.492 e. The number of pyridine rings is 1. The molecule has 7 heteroatoms. The van der Waals surface area contributed by atoms with Crippen LogP contribution in [0.3, 0.4) is 0 Å². The Kier molecular flexibility index (Phi) is 2.94. The molecule has 3 heterocycles. The highest BCUT2D eigenvalue weighted by Crippen LogP contribution is 2.47. The molecule has 1 atom stereocenters. The molecule has 0 aliphatic carbocycles. The van der Waals surface area contributed by atoms with Gasteiger partial charge < -0.3 is 20.9 Å². The van der Waals surface area contributed by atoms with Crippen LogP contribution in [0.25, 0.3) is 10.9 Å². The lowest BCUT2D eigenvalue weighted by atomic mass is 9.99. The highest BCUT2D eigenvalue weighted by molar-refractivity contribution is 5.97. The first-order chi connectivity index (χ1) is 11.1. The van der Waals surface area contributed by atoms with Crippen LogP contribution in [0, 0.1) is 0 Å². The molecule has 1 aliphatic heterocycles. The van der Waals surface area contributed by atoms with Crippen molar-refractivity contribution >= 4 is 22.7 Å². The van der Waals surface area contributed by atoms with Crippen molar-refractivity contribution in [1.29, 1.82) is 0 Å². The van der Waals surface area contributed by atoms with E-state index in [4.69, 9.17) is 20.9 Å². The van der Waals surface area contributed by atoms with Crippen molar-refractivity contribution in [2.75, 3.05) is 18.1 Å². The van der Waals surface area contributed by atoms with E-state index in [9.17, 15) is 0 Å². The summed E-state index contributed by atoms with van der Waals surface area (Å²) >= 11 is 0. The Balaban J connectivity index is 1.96. The predicted molar refractivity (Wildman–Crippen MR) is 86.6 cm³/mol. The number of fused-ring (bicyclic) bond motifs is 3. The van der Waals surface area contributed by atoms with Crippen molar-refractivity contribution in [2.24, 2.45) is 0 Å². The highest BCUT2D eigenvalue weighted by Gasteiger charge is 2.29. The fourth-order valence-corrected chi connectivity index (χ4v) is 2.83. The smallest absolute Gasteiger partial charge is 0.222 e. The van der Waals surface area contributed by atoms with E-state index in [0.29, 0.717) is 40.6 Å². The van der Waals surface area contributed by atoms with E-state index in [1.54, 1.807) is 12.4 Å². The minimum absolute atomic E-state index is 0.119. The number of anilines is 2. The number of nitrogen functional groups attached to an aromatic ring is 2. The first-order valence-electron chi connectivity index (χ1n) is 7.23. The van der Waals surface area contributed by atoms with Crippen molar-refractivity contribution < 1.29 is 9.47 Å². The second-order valence-electron chi connectivity index (χ2n) is 5.48. The number of aromatic nitrogens is 3. The maximum absolute atomic E-state index is 6.02. The van der Waals surface area contributed by atoms with Gasteiger partial charge in [0.1, 0.15) is 23.1 Å². The average molecular weight is 309 g/mol. The zero-order valence-electron chi connectivity index (χ0n) is 12.5. The fraction of sp³-hybridized carbons (Fsp3) is 0.188. The molecule has 1 aliphatic rings. The molecule has 0 saturated carbocycles. The molecule has 2 aromatic heterocycles. The van der Waals surface area contributed by atoms with E-state index in [-0.39, 0.29) is 11.9 Å². The lowest BCUT2D eigenvalue weighted by Crippen LogP contribution is -2.02. The van der Waals surface area contributed by atoms with Crippen molar-refractivity contribution in [1.82, 2.24) is 15.0 Å². The van der Waals surface area contributed by atoms with Gasteiger partial charge in [-0.3, -0.25) is 4.98 Å². The fourth-order valence-electron chi connectivity index (χ4n) is 2.83. The van der Waals surface area contributed by atoms with Gasteiger partial charge in [0.15, 0.2) is 0 Å². The van der Waals surface area contributed by atoms with E-state index >= 15 is 0 Å². The topological polar surface area (TPSA) is 109 Å². The van der Waals surface area contributed by atoms with Crippen LogP contribution in [0.15, 0.2) is 30.6 Å². The Hall–Kier alpha value is -3.09. The normalized spacial score (nSPS) is 16.1. The summed E-state index contributed by atoms with van der Waals surface area (Å²) in [6, 6.07) is 5.47. The standard InChI is InChI=1S/C16H15N5O2/c1-8-7-22-14-12(8)11(23-9-3-2-4-19-6-9)5-10-13(14)15(17)21-16(18)20-10/h2-6,8H,7H2,1H3,(H4,17,18,20,21). The number of nitrogens with zero attached hydrogens (tertiary/aromatic N) is 3. The van der Waals surface area contributed by atoms with E-state index in [1.165, 1.54) is 0 Å². The van der Waals surface area contributed by atoms with Crippen LogP contribution in [-0.4, -0.2) is 21.6 Å². The van der Waals surface area contributed by atoms with Crippen molar-refractivity contribution in [3.63, 3.8) is 0 Å². The van der Waals surface area contributed by atoms with Crippen LogP contribution in [-0.2, 0) is 0 Å². The second-order valence-corrected chi connectivity index (χ2v) is 5.48. The number of nitrogens with two attached hydrogens (primary N) is 2. The quantitative estimate of drug-likeness (QED) is 0.748. The summed E-state index contributed by atoms with van der Waals surface area (Å²) in [7, 11) is 0. The molecule has 0 spiro atoms. The molecule has 7 nitrogen and oxygen atoms in total. The summed E-state index contributed by atoms with van der Waals surface area (Å²) in [5.41, 5.74) is 13.3. The first-order valence-corrected chi connectivity index (χ1v) is 7.23. The molecule has 23 heavy (non-hydrogen) atoms. The highest BCUT2D eigenvalue weighted by atomic mass is 16.5. The molecular weight excluding hydrogens is 294 g/mol. The Bertz CT molecular complexity index is 898. The lowest BCUT2D eigenvalue weighted by molar-refractivity contribution is 0.340. The second kappa shape index (κ2) is 4.98. The monoisotopic (exact) mass is 309 g/mol. The summed E-state index contributed by atoms with van der Waals surface area (Å²) < 4.78 is 11.8. The summed E-state index contributed by atoms with van der Waals surface area (Å²) in [5.74, 6) is 2.59. The van der Waals surface area contributed by atoms with Gasteiger partial charge in [-0.2, -0.15) is 4.98 Å².